The van der Waals surface area contributed by atoms with Crippen LogP contribution in [0.2, 0.25) is 0 Å². The minimum Gasteiger partial charge on any atom is -0.388 e. The van der Waals surface area contributed by atoms with Crippen molar-refractivity contribution in [3.63, 3.8) is 0 Å². The van der Waals surface area contributed by atoms with Crippen LogP contribution >= 0.6 is 15.9 Å². The van der Waals surface area contributed by atoms with Gasteiger partial charge in [-0.1, -0.05) is 0 Å². The second-order valence-electron chi connectivity index (χ2n) is 4.17. The first-order chi connectivity index (χ1) is 8.09. The lowest BCUT2D eigenvalue weighted by atomic mass is 9.94. The summed E-state index contributed by atoms with van der Waals surface area (Å²) in [4.78, 5) is 3.92. The van der Waals surface area contributed by atoms with Gasteiger partial charge in [-0.05, 0) is 22.0 Å². The number of hydrogen-bond acceptors (Lipinski definition) is 4. The fraction of sp³-hybridized carbons (Fsp3) is 0.545. The smallest absolute Gasteiger partial charge is 0.166 e. The van der Waals surface area contributed by atoms with Crippen LogP contribution < -0.4 is 5.32 Å². The van der Waals surface area contributed by atoms with E-state index in [1.54, 1.807) is 0 Å². The van der Waals surface area contributed by atoms with Crippen molar-refractivity contribution in [1.29, 1.82) is 0 Å². The van der Waals surface area contributed by atoms with Gasteiger partial charge in [0, 0.05) is 43.3 Å². The Kier molecular flexibility index (Phi) is 3.96. The fourth-order valence-electron chi connectivity index (χ4n) is 1.72. The van der Waals surface area contributed by atoms with Crippen molar-refractivity contribution in [2.75, 3.05) is 25.1 Å². The number of nitrogens with zero attached hydrogens (tertiary/aromatic N) is 1. The minimum atomic E-state index is -0.834. The van der Waals surface area contributed by atoms with Crippen LogP contribution in [0.25, 0.3) is 0 Å². The van der Waals surface area contributed by atoms with Crippen LogP contribution in [0.15, 0.2) is 16.7 Å². The zero-order chi connectivity index (χ0) is 12.3. The molecular formula is C11H14BrFN2O2. The van der Waals surface area contributed by atoms with Gasteiger partial charge in [0.15, 0.2) is 11.6 Å². The van der Waals surface area contributed by atoms with Crippen LogP contribution in [0.5, 0.6) is 0 Å². The Labute approximate surface area is 107 Å². The van der Waals surface area contributed by atoms with Gasteiger partial charge < -0.3 is 15.2 Å². The molecule has 94 valence electrons. The third-order valence-corrected chi connectivity index (χ3v) is 3.25. The first-order valence-corrected chi connectivity index (χ1v) is 6.23. The predicted octanol–water partition coefficient (Wildman–Crippen LogP) is 1.94. The number of aliphatic hydroxyl groups is 1. The number of halogens is 2. The van der Waals surface area contributed by atoms with Gasteiger partial charge in [0.2, 0.25) is 0 Å². The Balaban J connectivity index is 1.97. The van der Waals surface area contributed by atoms with Gasteiger partial charge in [-0.15, -0.1) is 0 Å². The van der Waals surface area contributed by atoms with Crippen LogP contribution in [0, 0.1) is 5.82 Å². The number of hydrogen-bond donors (Lipinski definition) is 2. The van der Waals surface area contributed by atoms with E-state index in [9.17, 15) is 9.50 Å². The molecule has 1 fully saturated rings. The second kappa shape index (κ2) is 5.29. The first-order valence-electron chi connectivity index (χ1n) is 5.44. The molecular weight excluding hydrogens is 291 g/mol. The van der Waals surface area contributed by atoms with Crippen molar-refractivity contribution >= 4 is 21.7 Å². The summed E-state index contributed by atoms with van der Waals surface area (Å²) < 4.78 is 19.2. The molecule has 0 atom stereocenters. The maximum atomic E-state index is 13.5. The average Bonchev–Trinajstić information content (AvgIpc) is 2.29. The Morgan fingerprint density at radius 2 is 2.24 bits per heavy atom. The summed E-state index contributed by atoms with van der Waals surface area (Å²) in [6, 6.07) is 1.34. The van der Waals surface area contributed by atoms with Crippen molar-refractivity contribution in [2.24, 2.45) is 0 Å². The summed E-state index contributed by atoms with van der Waals surface area (Å²) in [6.45, 7) is 1.35. The van der Waals surface area contributed by atoms with Gasteiger partial charge in [0.25, 0.3) is 0 Å². The molecule has 0 aromatic carbocycles. The fourth-order valence-corrected chi connectivity index (χ4v) is 2.02. The summed E-state index contributed by atoms with van der Waals surface area (Å²) >= 11 is 3.14. The van der Waals surface area contributed by atoms with E-state index in [-0.39, 0.29) is 12.4 Å². The van der Waals surface area contributed by atoms with Crippen LogP contribution in [-0.4, -0.2) is 35.5 Å². The van der Waals surface area contributed by atoms with Crippen molar-refractivity contribution in [2.45, 2.75) is 18.4 Å². The lowest BCUT2D eigenvalue weighted by molar-refractivity contribution is -0.0544. The van der Waals surface area contributed by atoms with Gasteiger partial charge in [0.1, 0.15) is 0 Å². The lowest BCUT2D eigenvalue weighted by Crippen LogP contribution is -2.42. The Hall–Kier alpha value is -0.720. The molecule has 0 saturated carbocycles. The van der Waals surface area contributed by atoms with E-state index < -0.39 is 11.4 Å². The molecule has 0 spiro atoms. The quantitative estimate of drug-likeness (QED) is 0.896. The Morgan fingerprint density at radius 3 is 2.88 bits per heavy atom. The number of ether oxygens (including phenoxy) is 1. The van der Waals surface area contributed by atoms with Crippen LogP contribution in [-0.2, 0) is 4.74 Å². The van der Waals surface area contributed by atoms with Crippen LogP contribution in [0.1, 0.15) is 12.8 Å². The van der Waals surface area contributed by atoms with E-state index in [2.05, 4.69) is 26.2 Å². The molecule has 1 aromatic rings. The Bertz CT molecular complexity index is 397. The highest BCUT2D eigenvalue weighted by Crippen LogP contribution is 2.22. The molecule has 2 N–H and O–H groups in total. The average molecular weight is 305 g/mol. The van der Waals surface area contributed by atoms with Crippen molar-refractivity contribution in [1.82, 2.24) is 4.98 Å². The van der Waals surface area contributed by atoms with Crippen molar-refractivity contribution in [3.8, 4) is 0 Å². The van der Waals surface area contributed by atoms with Gasteiger partial charge in [-0.2, -0.15) is 0 Å². The third kappa shape index (κ3) is 3.37. The highest BCUT2D eigenvalue weighted by molar-refractivity contribution is 9.10. The van der Waals surface area contributed by atoms with E-state index in [1.165, 1.54) is 12.3 Å². The van der Waals surface area contributed by atoms with Gasteiger partial charge >= 0.3 is 0 Å². The topological polar surface area (TPSA) is 54.4 Å². The molecule has 6 heteroatoms. The Morgan fingerprint density at radius 1 is 1.53 bits per heavy atom. The number of anilines is 1. The maximum absolute atomic E-state index is 13.5. The molecule has 0 bridgehead atoms. The largest absolute Gasteiger partial charge is 0.388 e. The predicted molar refractivity (Wildman–Crippen MR) is 65.4 cm³/mol. The summed E-state index contributed by atoms with van der Waals surface area (Å²) in [7, 11) is 0. The highest BCUT2D eigenvalue weighted by atomic mass is 79.9. The molecule has 0 radical (unpaired) electrons. The lowest BCUT2D eigenvalue weighted by Gasteiger charge is -2.32. The standard InChI is InChI=1S/C11H14BrFN2O2/c12-8-5-9(13)10(14-6-8)15-7-11(16)1-3-17-4-2-11/h5-6,16H,1-4,7H2,(H,14,15). The summed E-state index contributed by atoms with van der Waals surface area (Å²) in [5.74, 6) is -0.275. The van der Waals surface area contributed by atoms with Crippen LogP contribution in [0.3, 0.4) is 0 Å². The number of aromatic nitrogens is 1. The zero-order valence-electron chi connectivity index (χ0n) is 9.25. The van der Waals surface area contributed by atoms with E-state index in [0.29, 0.717) is 30.5 Å². The molecule has 2 rings (SSSR count). The summed E-state index contributed by atoms with van der Waals surface area (Å²) in [6.07, 6.45) is 2.62. The van der Waals surface area contributed by atoms with E-state index >= 15 is 0 Å². The minimum absolute atomic E-state index is 0.160. The molecule has 0 unspecified atom stereocenters. The third-order valence-electron chi connectivity index (χ3n) is 2.82. The van der Waals surface area contributed by atoms with E-state index in [1.807, 2.05) is 0 Å². The van der Waals surface area contributed by atoms with E-state index in [4.69, 9.17) is 4.74 Å². The number of nitrogens with one attached hydrogen (secondary N) is 1. The van der Waals surface area contributed by atoms with Crippen molar-refractivity contribution in [3.05, 3.63) is 22.6 Å². The molecule has 17 heavy (non-hydrogen) atoms. The zero-order valence-corrected chi connectivity index (χ0v) is 10.8. The summed E-state index contributed by atoms with van der Waals surface area (Å²) in [5.41, 5.74) is -0.834. The first kappa shape index (κ1) is 12.7. The monoisotopic (exact) mass is 304 g/mol. The molecule has 0 aliphatic carbocycles. The number of rotatable bonds is 3. The highest BCUT2D eigenvalue weighted by Gasteiger charge is 2.29. The van der Waals surface area contributed by atoms with Gasteiger partial charge in [0.05, 0.1) is 5.60 Å². The molecule has 1 aromatic heterocycles. The van der Waals surface area contributed by atoms with Crippen LogP contribution in [0.4, 0.5) is 10.2 Å². The van der Waals surface area contributed by atoms with Gasteiger partial charge in [-0.25, -0.2) is 9.37 Å². The van der Waals surface area contributed by atoms with Crippen molar-refractivity contribution < 1.29 is 14.2 Å². The maximum Gasteiger partial charge on any atom is 0.166 e. The van der Waals surface area contributed by atoms with Gasteiger partial charge in [-0.3, -0.25) is 0 Å². The molecule has 0 amide bonds. The molecule has 1 aliphatic rings. The van der Waals surface area contributed by atoms with E-state index in [0.717, 1.165) is 0 Å². The number of pyridine rings is 1. The normalized spacial score (nSPS) is 19.0. The molecule has 2 heterocycles. The molecule has 1 saturated heterocycles. The second-order valence-corrected chi connectivity index (χ2v) is 5.09. The SMILES string of the molecule is OC1(CNc2ncc(Br)cc2F)CCOCC1. The molecule has 1 aliphatic heterocycles. The summed E-state index contributed by atoms with van der Waals surface area (Å²) in [5, 5.41) is 13.0. The molecule has 4 nitrogen and oxygen atoms in total.